The van der Waals surface area contributed by atoms with Gasteiger partial charge < -0.3 is 9.52 Å². The normalized spacial score (nSPS) is 14.3. The van der Waals surface area contributed by atoms with Gasteiger partial charge in [-0.3, -0.25) is 0 Å². The number of aliphatic hydroxyl groups is 1. The number of nitrogens with one attached hydrogen (secondary N) is 1. The predicted octanol–water partition coefficient (Wildman–Crippen LogP) is 2.98. The molecular formula is C18H20N2O4S2. The van der Waals surface area contributed by atoms with Crippen molar-refractivity contribution < 1.29 is 17.9 Å². The van der Waals surface area contributed by atoms with Gasteiger partial charge in [0.15, 0.2) is 5.89 Å². The van der Waals surface area contributed by atoms with Gasteiger partial charge >= 0.3 is 0 Å². The van der Waals surface area contributed by atoms with Crippen molar-refractivity contribution in [2.24, 2.45) is 0 Å². The maximum absolute atomic E-state index is 12.5. The fraction of sp³-hybridized carbons (Fsp3) is 0.278. The van der Waals surface area contributed by atoms with Crippen LogP contribution in [-0.2, 0) is 16.4 Å². The Morgan fingerprint density at radius 3 is 2.58 bits per heavy atom. The molecule has 6 nitrogen and oxygen atoms in total. The summed E-state index contributed by atoms with van der Waals surface area (Å²) in [6.45, 7) is 3.28. The van der Waals surface area contributed by atoms with Crippen LogP contribution in [0.4, 0.5) is 0 Å². The summed E-state index contributed by atoms with van der Waals surface area (Å²) < 4.78 is 32.6. The molecule has 0 bridgehead atoms. The molecular weight excluding hydrogens is 372 g/mol. The molecule has 3 aromatic rings. The first-order valence-corrected chi connectivity index (χ1v) is 10.4. The molecule has 0 aliphatic carbocycles. The van der Waals surface area contributed by atoms with Gasteiger partial charge in [0.1, 0.15) is 12.0 Å². The largest absolute Gasteiger partial charge is 0.449 e. The average molecular weight is 393 g/mol. The molecule has 3 rings (SSSR count). The lowest BCUT2D eigenvalue weighted by atomic mass is 9.99. The van der Waals surface area contributed by atoms with E-state index in [0.29, 0.717) is 18.0 Å². The van der Waals surface area contributed by atoms with Gasteiger partial charge in [0, 0.05) is 25.5 Å². The van der Waals surface area contributed by atoms with Crippen molar-refractivity contribution in [2.75, 3.05) is 6.54 Å². The van der Waals surface area contributed by atoms with Crippen LogP contribution in [-0.4, -0.2) is 30.7 Å². The van der Waals surface area contributed by atoms with E-state index in [4.69, 9.17) is 4.42 Å². The number of thiophene rings is 1. The van der Waals surface area contributed by atoms with E-state index in [0.717, 1.165) is 11.1 Å². The number of aromatic nitrogens is 1. The van der Waals surface area contributed by atoms with Gasteiger partial charge in [0.25, 0.3) is 0 Å². The highest BCUT2D eigenvalue weighted by atomic mass is 32.2. The van der Waals surface area contributed by atoms with Crippen LogP contribution in [0.15, 0.2) is 56.7 Å². The van der Waals surface area contributed by atoms with Gasteiger partial charge in [0.2, 0.25) is 10.0 Å². The summed E-state index contributed by atoms with van der Waals surface area (Å²) >= 11 is 1.54. The second-order valence-electron chi connectivity index (χ2n) is 6.41. The van der Waals surface area contributed by atoms with Crippen molar-refractivity contribution in [2.45, 2.75) is 30.8 Å². The summed E-state index contributed by atoms with van der Waals surface area (Å²) in [5, 5.41) is 14.3. The highest BCUT2D eigenvalue weighted by Crippen LogP contribution is 2.21. The molecule has 26 heavy (non-hydrogen) atoms. The zero-order valence-corrected chi connectivity index (χ0v) is 16.1. The van der Waals surface area contributed by atoms with E-state index in [-0.39, 0.29) is 11.4 Å². The summed E-state index contributed by atoms with van der Waals surface area (Å²) in [5.41, 5.74) is 1.22. The van der Waals surface area contributed by atoms with Gasteiger partial charge in [-0.25, -0.2) is 18.1 Å². The van der Waals surface area contributed by atoms with Crippen molar-refractivity contribution in [1.29, 1.82) is 0 Å². The Labute approximate surface area is 156 Å². The van der Waals surface area contributed by atoms with Crippen LogP contribution < -0.4 is 4.72 Å². The Kier molecular flexibility index (Phi) is 5.29. The molecule has 0 spiro atoms. The number of aryl methyl sites for hydroxylation is 1. The maximum Gasteiger partial charge on any atom is 0.240 e. The molecule has 2 heterocycles. The van der Waals surface area contributed by atoms with Gasteiger partial charge in [0.05, 0.1) is 10.5 Å². The summed E-state index contributed by atoms with van der Waals surface area (Å²) in [6, 6.07) is 8.28. The standard InChI is InChI=1S/C18H20N2O4S2/c1-13-20-17(10-24-13)15-3-5-16(6-4-15)26(22,23)19-12-18(2,21)9-14-7-8-25-11-14/h3-8,10-11,19,21H,9,12H2,1-2H3. The lowest BCUT2D eigenvalue weighted by Crippen LogP contribution is -2.42. The van der Waals surface area contributed by atoms with Gasteiger partial charge in [-0.05, 0) is 41.4 Å². The summed E-state index contributed by atoms with van der Waals surface area (Å²) in [7, 11) is -3.72. The summed E-state index contributed by atoms with van der Waals surface area (Å²) in [4.78, 5) is 4.35. The van der Waals surface area contributed by atoms with E-state index >= 15 is 0 Å². The third-order valence-electron chi connectivity index (χ3n) is 3.89. The van der Waals surface area contributed by atoms with Crippen LogP contribution in [0.3, 0.4) is 0 Å². The van der Waals surface area contributed by atoms with Gasteiger partial charge in [-0.1, -0.05) is 12.1 Å². The Bertz CT molecular complexity index is 959. The molecule has 2 N–H and O–H groups in total. The van der Waals surface area contributed by atoms with Crippen LogP contribution in [0.1, 0.15) is 18.4 Å². The van der Waals surface area contributed by atoms with E-state index in [2.05, 4.69) is 9.71 Å². The molecule has 1 unspecified atom stereocenters. The van der Waals surface area contributed by atoms with Crippen LogP contribution in [0.5, 0.6) is 0 Å². The van der Waals surface area contributed by atoms with Crippen molar-refractivity contribution in [3.63, 3.8) is 0 Å². The number of rotatable bonds is 7. The fourth-order valence-corrected chi connectivity index (χ4v) is 4.36. The molecule has 1 atom stereocenters. The van der Waals surface area contributed by atoms with Crippen LogP contribution in [0.2, 0.25) is 0 Å². The molecule has 0 fully saturated rings. The molecule has 2 aromatic heterocycles. The Morgan fingerprint density at radius 1 is 1.27 bits per heavy atom. The predicted molar refractivity (Wildman–Crippen MR) is 101 cm³/mol. The number of hydrogen-bond donors (Lipinski definition) is 2. The second kappa shape index (κ2) is 7.32. The molecule has 0 saturated carbocycles. The number of oxazole rings is 1. The van der Waals surface area contributed by atoms with E-state index in [1.165, 1.54) is 18.4 Å². The minimum atomic E-state index is -3.72. The highest BCUT2D eigenvalue weighted by Gasteiger charge is 2.25. The minimum absolute atomic E-state index is 0.0740. The third kappa shape index (κ3) is 4.59. The number of sulfonamides is 1. The summed E-state index contributed by atoms with van der Waals surface area (Å²) in [6.07, 6.45) is 1.90. The Morgan fingerprint density at radius 2 is 2.00 bits per heavy atom. The quantitative estimate of drug-likeness (QED) is 0.645. The number of nitrogens with zero attached hydrogens (tertiary/aromatic N) is 1. The Hall–Kier alpha value is -2.00. The molecule has 0 aliphatic heterocycles. The Balaban J connectivity index is 1.67. The average Bonchev–Trinajstić information content (AvgIpc) is 3.25. The van der Waals surface area contributed by atoms with E-state index < -0.39 is 15.6 Å². The van der Waals surface area contributed by atoms with Crippen LogP contribution >= 0.6 is 11.3 Å². The SMILES string of the molecule is Cc1nc(-c2ccc(S(=O)(=O)NCC(C)(O)Cc3ccsc3)cc2)co1. The molecule has 138 valence electrons. The first-order chi connectivity index (χ1) is 12.3. The zero-order chi connectivity index (χ0) is 18.8. The molecule has 8 heteroatoms. The first kappa shape index (κ1) is 18.8. The van der Waals surface area contributed by atoms with Crippen LogP contribution in [0, 0.1) is 6.92 Å². The van der Waals surface area contributed by atoms with Crippen molar-refractivity contribution in [3.8, 4) is 11.3 Å². The number of hydrogen-bond acceptors (Lipinski definition) is 6. The van der Waals surface area contributed by atoms with Crippen molar-refractivity contribution >= 4 is 21.4 Å². The lowest BCUT2D eigenvalue weighted by Gasteiger charge is -2.23. The molecule has 1 aromatic carbocycles. The molecule has 0 aliphatic rings. The zero-order valence-electron chi connectivity index (χ0n) is 14.5. The molecule has 0 amide bonds. The molecule has 0 saturated heterocycles. The van der Waals surface area contributed by atoms with Crippen molar-refractivity contribution in [3.05, 3.63) is 58.8 Å². The minimum Gasteiger partial charge on any atom is -0.449 e. The first-order valence-electron chi connectivity index (χ1n) is 8.01. The van der Waals surface area contributed by atoms with Gasteiger partial charge in [-0.2, -0.15) is 11.3 Å². The number of benzene rings is 1. The smallest absolute Gasteiger partial charge is 0.240 e. The van der Waals surface area contributed by atoms with E-state index in [9.17, 15) is 13.5 Å². The van der Waals surface area contributed by atoms with Crippen molar-refractivity contribution in [1.82, 2.24) is 9.71 Å². The van der Waals surface area contributed by atoms with E-state index in [1.54, 1.807) is 37.3 Å². The third-order valence-corrected chi connectivity index (χ3v) is 6.04. The summed E-state index contributed by atoms with van der Waals surface area (Å²) in [5.74, 6) is 0.547. The lowest BCUT2D eigenvalue weighted by molar-refractivity contribution is 0.0658. The highest BCUT2D eigenvalue weighted by molar-refractivity contribution is 7.89. The molecule has 0 radical (unpaired) electrons. The van der Waals surface area contributed by atoms with Gasteiger partial charge in [-0.15, -0.1) is 0 Å². The maximum atomic E-state index is 12.5. The fourth-order valence-electron chi connectivity index (χ4n) is 2.53. The van der Waals surface area contributed by atoms with Crippen LogP contribution in [0.25, 0.3) is 11.3 Å². The topological polar surface area (TPSA) is 92.4 Å². The van der Waals surface area contributed by atoms with E-state index in [1.807, 2.05) is 16.8 Å². The monoisotopic (exact) mass is 392 g/mol. The second-order valence-corrected chi connectivity index (χ2v) is 8.95.